The molecule has 6 heteroatoms. The highest BCUT2D eigenvalue weighted by molar-refractivity contribution is 6.85. The van der Waals surface area contributed by atoms with Crippen LogP contribution in [0.15, 0.2) is 97.1 Å². The number of carbonyl (C=O) groups is 2. The molecule has 4 aromatic rings. The number of fused-ring (bicyclic) bond motifs is 2. The summed E-state index contributed by atoms with van der Waals surface area (Å²) < 4.78 is 13.4. The summed E-state index contributed by atoms with van der Waals surface area (Å²) in [6.07, 6.45) is 0. The van der Waals surface area contributed by atoms with Crippen LogP contribution in [0.2, 0.25) is 26.2 Å². The van der Waals surface area contributed by atoms with Gasteiger partial charge >= 0.3 is 0 Å². The van der Waals surface area contributed by atoms with E-state index in [0.717, 1.165) is 10.4 Å². The van der Waals surface area contributed by atoms with Crippen molar-refractivity contribution in [3.05, 3.63) is 119 Å². The maximum absolute atomic E-state index is 13.4. The van der Waals surface area contributed by atoms with Crippen molar-refractivity contribution in [2.75, 3.05) is 0 Å². The van der Waals surface area contributed by atoms with Gasteiger partial charge in [-0.3, -0.25) is 9.59 Å². The van der Waals surface area contributed by atoms with E-state index in [1.54, 1.807) is 36.4 Å². The standard InChI is InChI=1S/C30H28O4Si2/c1-35(2,21-13-7-5-8-14-21)33-27-19-25-26(30(32)24-18-12-11-17-23(24)29(25)31)20-28(27)34-36(3,4)22-15-9-6-10-16-22/h5-20H,1-4H3. The van der Waals surface area contributed by atoms with Crippen molar-refractivity contribution in [3.63, 3.8) is 0 Å². The predicted octanol–water partition coefficient (Wildman–Crippen LogP) is 5.44. The summed E-state index contributed by atoms with van der Waals surface area (Å²) in [5.74, 6) is 0.670. The van der Waals surface area contributed by atoms with E-state index < -0.39 is 16.6 Å². The van der Waals surface area contributed by atoms with Crippen molar-refractivity contribution in [2.24, 2.45) is 0 Å². The molecule has 0 aromatic heterocycles. The molecule has 4 nitrogen and oxygen atoms in total. The van der Waals surface area contributed by atoms with Gasteiger partial charge in [0.25, 0.3) is 16.6 Å². The average molecular weight is 509 g/mol. The Morgan fingerprint density at radius 3 is 1.17 bits per heavy atom. The van der Waals surface area contributed by atoms with E-state index in [1.807, 2.05) is 36.4 Å². The van der Waals surface area contributed by atoms with E-state index in [1.165, 1.54) is 0 Å². The molecule has 0 aliphatic heterocycles. The summed E-state index contributed by atoms with van der Waals surface area (Å²) >= 11 is 0. The smallest absolute Gasteiger partial charge is 0.277 e. The van der Waals surface area contributed by atoms with E-state index >= 15 is 0 Å². The SMILES string of the molecule is C[Si](C)(Oc1cc2c(cc1O[Si](C)(C)c1ccccc1)C(=O)c1ccccc1C2=O)c1ccccc1. The molecular weight excluding hydrogens is 480 g/mol. The number of benzene rings is 4. The van der Waals surface area contributed by atoms with Gasteiger partial charge in [-0.05, 0) is 48.7 Å². The van der Waals surface area contributed by atoms with Gasteiger partial charge in [0.1, 0.15) is 11.5 Å². The highest BCUT2D eigenvalue weighted by Gasteiger charge is 2.36. The molecule has 0 amide bonds. The van der Waals surface area contributed by atoms with Gasteiger partial charge < -0.3 is 8.85 Å². The van der Waals surface area contributed by atoms with Crippen molar-refractivity contribution in [2.45, 2.75) is 26.2 Å². The Bertz CT molecular complexity index is 1350. The third-order valence-corrected chi connectivity index (χ3v) is 11.6. The zero-order valence-corrected chi connectivity index (χ0v) is 22.9. The lowest BCUT2D eigenvalue weighted by Gasteiger charge is -2.31. The zero-order valence-electron chi connectivity index (χ0n) is 20.9. The second kappa shape index (κ2) is 9.04. The van der Waals surface area contributed by atoms with Gasteiger partial charge in [0.15, 0.2) is 11.6 Å². The Morgan fingerprint density at radius 2 is 0.806 bits per heavy atom. The van der Waals surface area contributed by atoms with Crippen LogP contribution >= 0.6 is 0 Å². The summed E-state index contributed by atoms with van der Waals surface area (Å²) in [6, 6.07) is 30.7. The summed E-state index contributed by atoms with van der Waals surface area (Å²) in [6.45, 7) is 8.47. The normalized spacial score (nSPS) is 13.1. The highest BCUT2D eigenvalue weighted by Crippen LogP contribution is 2.38. The summed E-state index contributed by atoms with van der Waals surface area (Å²) in [5, 5.41) is 2.25. The Hall–Kier alpha value is -3.75. The van der Waals surface area contributed by atoms with Gasteiger partial charge in [0.05, 0.1) is 0 Å². The number of rotatable bonds is 6. The molecule has 0 saturated carbocycles. The number of hydrogen-bond donors (Lipinski definition) is 0. The molecule has 0 heterocycles. The molecule has 1 aliphatic rings. The van der Waals surface area contributed by atoms with Crippen LogP contribution in [0.1, 0.15) is 31.8 Å². The first-order chi connectivity index (χ1) is 17.2. The molecule has 0 atom stereocenters. The molecule has 0 fully saturated rings. The molecule has 4 aromatic carbocycles. The van der Waals surface area contributed by atoms with Crippen LogP contribution in [0.25, 0.3) is 0 Å². The molecule has 180 valence electrons. The summed E-state index contributed by atoms with van der Waals surface area (Å²) in [7, 11) is -4.85. The first kappa shape index (κ1) is 24.0. The topological polar surface area (TPSA) is 52.6 Å². The minimum Gasteiger partial charge on any atom is -0.537 e. The second-order valence-corrected chi connectivity index (χ2v) is 17.6. The lowest BCUT2D eigenvalue weighted by atomic mass is 9.84. The van der Waals surface area contributed by atoms with E-state index in [4.69, 9.17) is 8.85 Å². The molecule has 1 aliphatic carbocycles. The van der Waals surface area contributed by atoms with E-state index in [0.29, 0.717) is 33.8 Å². The van der Waals surface area contributed by atoms with Crippen LogP contribution in [-0.4, -0.2) is 28.2 Å². The van der Waals surface area contributed by atoms with Crippen molar-refractivity contribution < 1.29 is 18.4 Å². The van der Waals surface area contributed by atoms with E-state index in [-0.39, 0.29) is 11.6 Å². The van der Waals surface area contributed by atoms with Gasteiger partial charge in [-0.15, -0.1) is 0 Å². The highest BCUT2D eigenvalue weighted by atomic mass is 28.4. The third-order valence-electron chi connectivity index (χ3n) is 6.66. The maximum Gasteiger partial charge on any atom is 0.277 e. The molecule has 0 spiro atoms. The second-order valence-electron chi connectivity index (χ2n) is 10.0. The van der Waals surface area contributed by atoms with Crippen LogP contribution in [-0.2, 0) is 0 Å². The van der Waals surface area contributed by atoms with Crippen molar-refractivity contribution in [3.8, 4) is 11.5 Å². The lowest BCUT2D eigenvalue weighted by Crippen LogP contribution is -2.49. The van der Waals surface area contributed by atoms with Crippen LogP contribution in [0, 0.1) is 0 Å². The van der Waals surface area contributed by atoms with Crippen LogP contribution in [0.4, 0.5) is 0 Å². The predicted molar refractivity (Wildman–Crippen MR) is 148 cm³/mol. The monoisotopic (exact) mass is 508 g/mol. The zero-order chi connectivity index (χ0) is 25.5. The minimum atomic E-state index is -2.42. The van der Waals surface area contributed by atoms with Gasteiger partial charge in [0, 0.05) is 22.3 Å². The Balaban J connectivity index is 1.64. The minimum absolute atomic E-state index is 0.171. The number of carbonyl (C=O) groups excluding carboxylic acids is 2. The van der Waals surface area contributed by atoms with Gasteiger partial charge in [-0.2, -0.15) is 0 Å². The van der Waals surface area contributed by atoms with Gasteiger partial charge in [0.2, 0.25) is 0 Å². The molecule has 0 radical (unpaired) electrons. The fourth-order valence-corrected chi connectivity index (χ4v) is 8.26. The van der Waals surface area contributed by atoms with E-state index in [2.05, 4.69) is 50.5 Å². The van der Waals surface area contributed by atoms with Crippen molar-refractivity contribution in [1.29, 1.82) is 0 Å². The van der Waals surface area contributed by atoms with Gasteiger partial charge in [-0.25, -0.2) is 0 Å². The molecule has 0 bridgehead atoms. The Labute approximate surface area is 213 Å². The Kier molecular flexibility index (Phi) is 6.02. The lowest BCUT2D eigenvalue weighted by molar-refractivity contribution is 0.0978. The largest absolute Gasteiger partial charge is 0.537 e. The van der Waals surface area contributed by atoms with Crippen LogP contribution in [0.3, 0.4) is 0 Å². The van der Waals surface area contributed by atoms with Crippen molar-refractivity contribution >= 4 is 38.6 Å². The molecule has 0 N–H and O–H groups in total. The van der Waals surface area contributed by atoms with E-state index in [9.17, 15) is 9.59 Å². The number of ketones is 2. The molecule has 0 saturated heterocycles. The molecule has 36 heavy (non-hydrogen) atoms. The van der Waals surface area contributed by atoms with Crippen LogP contribution in [0.5, 0.6) is 11.5 Å². The fraction of sp³-hybridized carbons (Fsp3) is 0.133. The summed E-state index contributed by atoms with van der Waals surface area (Å²) in [5.41, 5.74) is 1.57. The molecular formula is C30H28O4Si2. The quantitative estimate of drug-likeness (QED) is 0.287. The first-order valence-corrected chi connectivity index (χ1v) is 17.8. The Morgan fingerprint density at radius 1 is 0.472 bits per heavy atom. The fourth-order valence-electron chi connectivity index (χ4n) is 4.61. The maximum atomic E-state index is 13.4. The summed E-state index contributed by atoms with van der Waals surface area (Å²) in [4.78, 5) is 26.9. The first-order valence-electron chi connectivity index (χ1n) is 12.0. The molecule has 0 unspecified atom stereocenters. The molecule has 5 rings (SSSR count). The van der Waals surface area contributed by atoms with Gasteiger partial charge in [-0.1, -0.05) is 84.9 Å². The van der Waals surface area contributed by atoms with Crippen LogP contribution < -0.4 is 19.2 Å². The van der Waals surface area contributed by atoms with Crippen molar-refractivity contribution in [1.82, 2.24) is 0 Å². The third kappa shape index (κ3) is 4.34. The number of hydrogen-bond acceptors (Lipinski definition) is 4. The average Bonchev–Trinajstić information content (AvgIpc) is 2.89.